The fourth-order valence-electron chi connectivity index (χ4n) is 2.03. The maximum absolute atomic E-state index is 13.5. The van der Waals surface area contributed by atoms with Gasteiger partial charge in [-0.1, -0.05) is 0 Å². The Kier molecular flexibility index (Phi) is 3.94. The van der Waals surface area contributed by atoms with E-state index in [1.165, 1.54) is 0 Å². The molecule has 1 heterocycles. The van der Waals surface area contributed by atoms with Gasteiger partial charge in [-0.25, -0.2) is 8.78 Å². The zero-order valence-corrected chi connectivity index (χ0v) is 10.1. The normalized spacial score (nSPS) is 20.1. The van der Waals surface area contributed by atoms with Crippen molar-refractivity contribution >= 4 is 12.0 Å². The van der Waals surface area contributed by atoms with E-state index in [2.05, 4.69) is 0 Å². The molecule has 0 N–H and O–H groups in total. The Morgan fingerprint density at radius 3 is 2.35 bits per heavy atom. The van der Waals surface area contributed by atoms with Gasteiger partial charge in [0.15, 0.2) is 6.29 Å². The molecule has 20 heavy (non-hydrogen) atoms. The topological polar surface area (TPSA) is 29.5 Å². The van der Waals surface area contributed by atoms with Crippen molar-refractivity contribution in [3.8, 4) is 0 Å². The van der Waals surface area contributed by atoms with Crippen LogP contribution in [0.5, 0.6) is 0 Å². The minimum absolute atomic E-state index is 0.0188. The minimum Gasteiger partial charge on any atom is -0.377 e. The van der Waals surface area contributed by atoms with Crippen LogP contribution in [0.4, 0.5) is 27.6 Å². The molecular weight excluding hydrogens is 285 g/mol. The first-order valence-electron chi connectivity index (χ1n) is 5.70. The van der Waals surface area contributed by atoms with Crippen LogP contribution in [-0.4, -0.2) is 38.3 Å². The number of aldehydes is 1. The van der Waals surface area contributed by atoms with E-state index in [1.807, 2.05) is 0 Å². The molecule has 0 radical (unpaired) electrons. The van der Waals surface area contributed by atoms with Gasteiger partial charge in [0, 0.05) is 12.2 Å². The van der Waals surface area contributed by atoms with Gasteiger partial charge in [-0.15, -0.1) is 0 Å². The van der Waals surface area contributed by atoms with Crippen LogP contribution < -0.4 is 4.90 Å². The van der Waals surface area contributed by atoms with Crippen molar-refractivity contribution in [2.75, 3.05) is 24.7 Å². The maximum Gasteiger partial charge on any atom is 0.411 e. The van der Waals surface area contributed by atoms with Crippen molar-refractivity contribution in [2.24, 2.45) is 0 Å². The number of hydrogen-bond donors (Lipinski definition) is 0. The molecule has 1 fully saturated rings. The Morgan fingerprint density at radius 1 is 1.25 bits per heavy atom. The smallest absolute Gasteiger partial charge is 0.377 e. The highest BCUT2D eigenvalue weighted by Gasteiger charge is 2.45. The molecule has 0 aromatic heterocycles. The van der Waals surface area contributed by atoms with Crippen LogP contribution in [0, 0.1) is 11.6 Å². The van der Waals surface area contributed by atoms with Crippen LogP contribution in [0.25, 0.3) is 0 Å². The number of morpholine rings is 1. The highest BCUT2D eigenvalue weighted by atomic mass is 19.4. The lowest BCUT2D eigenvalue weighted by atomic mass is 10.1. The number of alkyl halides is 3. The monoisotopic (exact) mass is 295 g/mol. The van der Waals surface area contributed by atoms with Crippen molar-refractivity contribution in [3.63, 3.8) is 0 Å². The first kappa shape index (κ1) is 14.7. The molecule has 1 aromatic rings. The van der Waals surface area contributed by atoms with Crippen LogP contribution in [-0.2, 0) is 4.74 Å². The lowest BCUT2D eigenvalue weighted by Gasteiger charge is -2.38. The van der Waals surface area contributed by atoms with E-state index in [9.17, 15) is 26.7 Å². The van der Waals surface area contributed by atoms with E-state index in [1.54, 1.807) is 0 Å². The summed E-state index contributed by atoms with van der Waals surface area (Å²) < 4.78 is 70.3. The van der Waals surface area contributed by atoms with Gasteiger partial charge in [0.25, 0.3) is 0 Å². The molecule has 2 rings (SSSR count). The van der Waals surface area contributed by atoms with Gasteiger partial charge < -0.3 is 9.64 Å². The molecule has 0 aliphatic carbocycles. The number of anilines is 1. The van der Waals surface area contributed by atoms with Crippen molar-refractivity contribution in [3.05, 3.63) is 29.3 Å². The third kappa shape index (κ3) is 2.74. The van der Waals surface area contributed by atoms with Crippen LogP contribution >= 0.6 is 0 Å². The standard InChI is InChI=1S/C12H10F5NO2/c13-9-3-7(4-10(14)8(9)5-19)18-1-2-20-6-11(18)12(15,16)17/h3-5,11H,1-2,6H2. The number of hydrogen-bond acceptors (Lipinski definition) is 3. The van der Waals surface area contributed by atoms with Crippen LogP contribution in [0.3, 0.4) is 0 Å². The van der Waals surface area contributed by atoms with E-state index in [-0.39, 0.29) is 25.1 Å². The van der Waals surface area contributed by atoms with Crippen LogP contribution in [0.1, 0.15) is 10.4 Å². The molecule has 0 spiro atoms. The lowest BCUT2D eigenvalue weighted by molar-refractivity contribution is -0.167. The summed E-state index contributed by atoms with van der Waals surface area (Å²) in [6.07, 6.45) is -4.61. The van der Waals surface area contributed by atoms with Gasteiger partial charge in [-0.2, -0.15) is 13.2 Å². The van der Waals surface area contributed by atoms with E-state index in [4.69, 9.17) is 4.74 Å². The summed E-state index contributed by atoms with van der Waals surface area (Å²) in [5, 5.41) is 0. The number of nitrogens with zero attached hydrogens (tertiary/aromatic N) is 1. The maximum atomic E-state index is 13.5. The molecule has 1 unspecified atom stereocenters. The number of ether oxygens (including phenoxy) is 1. The molecule has 1 aliphatic rings. The quantitative estimate of drug-likeness (QED) is 0.620. The zero-order valence-electron chi connectivity index (χ0n) is 10.1. The van der Waals surface area contributed by atoms with Crippen molar-refractivity contribution in [1.82, 2.24) is 0 Å². The zero-order chi connectivity index (χ0) is 14.9. The predicted molar refractivity (Wildman–Crippen MR) is 59.8 cm³/mol. The molecule has 110 valence electrons. The minimum atomic E-state index is -4.59. The van der Waals surface area contributed by atoms with Crippen LogP contribution in [0.15, 0.2) is 12.1 Å². The third-order valence-electron chi connectivity index (χ3n) is 3.02. The molecule has 1 atom stereocenters. The Hall–Kier alpha value is -1.70. The fraction of sp³-hybridized carbons (Fsp3) is 0.417. The first-order chi connectivity index (χ1) is 9.34. The summed E-state index contributed by atoms with van der Waals surface area (Å²) in [5.74, 6) is -2.38. The van der Waals surface area contributed by atoms with Gasteiger partial charge in [0.05, 0.1) is 18.8 Å². The van der Waals surface area contributed by atoms with Gasteiger partial charge in [-0.05, 0) is 12.1 Å². The lowest BCUT2D eigenvalue weighted by Crippen LogP contribution is -2.53. The van der Waals surface area contributed by atoms with Crippen molar-refractivity contribution in [2.45, 2.75) is 12.2 Å². The Bertz CT molecular complexity index is 494. The van der Waals surface area contributed by atoms with Crippen molar-refractivity contribution < 1.29 is 31.5 Å². The second kappa shape index (κ2) is 5.35. The number of rotatable bonds is 2. The largest absolute Gasteiger partial charge is 0.411 e. The average molecular weight is 295 g/mol. The van der Waals surface area contributed by atoms with Crippen LogP contribution in [0.2, 0.25) is 0 Å². The van der Waals surface area contributed by atoms with Gasteiger partial charge in [-0.3, -0.25) is 4.79 Å². The molecule has 0 amide bonds. The summed E-state index contributed by atoms with van der Waals surface area (Å²) >= 11 is 0. The Morgan fingerprint density at radius 2 is 1.85 bits per heavy atom. The van der Waals surface area contributed by atoms with E-state index < -0.39 is 36.0 Å². The third-order valence-corrected chi connectivity index (χ3v) is 3.02. The van der Waals surface area contributed by atoms with E-state index >= 15 is 0 Å². The highest BCUT2D eigenvalue weighted by Crippen LogP contribution is 2.32. The molecule has 3 nitrogen and oxygen atoms in total. The molecule has 8 heteroatoms. The average Bonchev–Trinajstić information content (AvgIpc) is 2.37. The highest BCUT2D eigenvalue weighted by molar-refractivity contribution is 5.77. The molecule has 0 saturated carbocycles. The Balaban J connectivity index is 2.40. The summed E-state index contributed by atoms with van der Waals surface area (Å²) in [5.41, 5.74) is -1.07. The first-order valence-corrected chi connectivity index (χ1v) is 5.70. The number of benzene rings is 1. The van der Waals surface area contributed by atoms with Gasteiger partial charge >= 0.3 is 6.18 Å². The molecular formula is C12H10F5NO2. The van der Waals surface area contributed by atoms with E-state index in [0.717, 1.165) is 17.0 Å². The number of carbonyl (C=O) groups excluding carboxylic acids is 1. The summed E-state index contributed by atoms with van der Waals surface area (Å²) in [6.45, 7) is -0.739. The molecule has 1 saturated heterocycles. The number of carbonyl (C=O) groups is 1. The SMILES string of the molecule is O=Cc1c(F)cc(N2CCOCC2C(F)(F)F)cc1F. The Labute approximate surface area is 110 Å². The van der Waals surface area contributed by atoms with Crippen molar-refractivity contribution in [1.29, 1.82) is 0 Å². The van der Waals surface area contributed by atoms with Gasteiger partial charge in [0.2, 0.25) is 0 Å². The second-order valence-corrected chi connectivity index (χ2v) is 4.27. The summed E-state index contributed by atoms with van der Waals surface area (Å²) in [7, 11) is 0. The summed E-state index contributed by atoms with van der Waals surface area (Å²) in [6, 6.07) is -0.537. The predicted octanol–water partition coefficient (Wildman–Crippen LogP) is 2.54. The number of halogens is 5. The molecule has 0 bridgehead atoms. The molecule has 1 aliphatic heterocycles. The van der Waals surface area contributed by atoms with Gasteiger partial charge in [0.1, 0.15) is 17.7 Å². The summed E-state index contributed by atoms with van der Waals surface area (Å²) in [4.78, 5) is 11.3. The second-order valence-electron chi connectivity index (χ2n) is 4.27. The van der Waals surface area contributed by atoms with E-state index in [0.29, 0.717) is 0 Å². The fourth-order valence-corrected chi connectivity index (χ4v) is 2.03. The molecule has 1 aromatic carbocycles.